The third-order valence-electron chi connectivity index (χ3n) is 4.84. The molecule has 0 aliphatic carbocycles. The number of aromatic nitrogens is 3. The van der Waals surface area contributed by atoms with Crippen LogP contribution >= 0.6 is 0 Å². The van der Waals surface area contributed by atoms with Gasteiger partial charge in [0.25, 0.3) is 0 Å². The third-order valence-corrected chi connectivity index (χ3v) is 4.84. The van der Waals surface area contributed by atoms with E-state index in [1.54, 1.807) is 18.6 Å². The predicted molar refractivity (Wildman–Crippen MR) is 106 cm³/mol. The van der Waals surface area contributed by atoms with Gasteiger partial charge in [-0.05, 0) is 49.7 Å². The summed E-state index contributed by atoms with van der Waals surface area (Å²) < 4.78 is 5.89. The highest BCUT2D eigenvalue weighted by Gasteiger charge is 2.26. The Hall–Kier alpha value is -3.19. The summed E-state index contributed by atoms with van der Waals surface area (Å²) in [6.07, 6.45) is 6.98. The second-order valence-electron chi connectivity index (χ2n) is 6.93. The number of ether oxygens (including phenoxy) is 1. The Morgan fingerprint density at radius 2 is 2.14 bits per heavy atom. The fourth-order valence-electron chi connectivity index (χ4n) is 3.45. The maximum atomic E-state index is 12.9. The van der Waals surface area contributed by atoms with E-state index in [4.69, 9.17) is 4.74 Å². The van der Waals surface area contributed by atoms with Crippen LogP contribution in [0.1, 0.15) is 18.5 Å². The van der Waals surface area contributed by atoms with Gasteiger partial charge in [0.15, 0.2) is 5.75 Å². The number of para-hydroxylation sites is 2. The summed E-state index contributed by atoms with van der Waals surface area (Å²) in [7, 11) is 0. The highest BCUT2D eigenvalue weighted by atomic mass is 16.5. The quantitative estimate of drug-likeness (QED) is 0.687. The van der Waals surface area contributed by atoms with Crippen molar-refractivity contribution < 1.29 is 9.53 Å². The van der Waals surface area contributed by atoms with Gasteiger partial charge in [0.05, 0.1) is 17.8 Å². The van der Waals surface area contributed by atoms with Crippen LogP contribution in [0.4, 0.5) is 5.69 Å². The standard InChI is InChI=1S/C21H23N5O2/c27-21(16-5-4-12-26(14-16)15-17-9-11-23-25-17)24-19-7-1-2-8-20(19)28-18-6-3-10-22-13-18/h1-3,6-11,13,16H,4-5,12,14-15H2,(H,23,25)(H,24,27). The highest BCUT2D eigenvalue weighted by Crippen LogP contribution is 2.30. The molecule has 1 amide bonds. The number of carbonyl (C=O) groups is 1. The Balaban J connectivity index is 1.40. The molecule has 0 saturated carbocycles. The lowest BCUT2D eigenvalue weighted by Gasteiger charge is -2.31. The van der Waals surface area contributed by atoms with Crippen molar-refractivity contribution in [3.8, 4) is 11.5 Å². The van der Waals surface area contributed by atoms with Crippen molar-refractivity contribution in [2.24, 2.45) is 5.92 Å². The summed E-state index contributed by atoms with van der Waals surface area (Å²) in [5.41, 5.74) is 1.73. The fourth-order valence-corrected chi connectivity index (χ4v) is 3.45. The molecule has 0 radical (unpaired) electrons. The van der Waals surface area contributed by atoms with Gasteiger partial charge in [-0.25, -0.2) is 0 Å². The molecule has 0 bridgehead atoms. The first-order valence-electron chi connectivity index (χ1n) is 9.46. The first-order chi connectivity index (χ1) is 13.8. The molecule has 2 aromatic heterocycles. The van der Waals surface area contributed by atoms with Crippen LogP contribution in [0, 0.1) is 5.92 Å². The number of likely N-dealkylation sites (tertiary alicyclic amines) is 1. The number of carbonyl (C=O) groups excluding carboxylic acids is 1. The smallest absolute Gasteiger partial charge is 0.228 e. The number of pyridine rings is 1. The number of nitrogens with one attached hydrogen (secondary N) is 2. The molecule has 28 heavy (non-hydrogen) atoms. The third kappa shape index (κ3) is 4.55. The van der Waals surface area contributed by atoms with Crippen LogP contribution in [0.5, 0.6) is 11.5 Å². The van der Waals surface area contributed by atoms with Gasteiger partial charge >= 0.3 is 0 Å². The summed E-state index contributed by atoms with van der Waals surface area (Å²) >= 11 is 0. The molecule has 1 unspecified atom stereocenters. The average Bonchev–Trinajstić information content (AvgIpc) is 3.23. The van der Waals surface area contributed by atoms with Crippen LogP contribution in [0.2, 0.25) is 0 Å². The maximum absolute atomic E-state index is 12.9. The summed E-state index contributed by atoms with van der Waals surface area (Å²) in [6, 6.07) is 13.1. The van der Waals surface area contributed by atoms with Crippen LogP contribution in [-0.2, 0) is 11.3 Å². The van der Waals surface area contributed by atoms with E-state index >= 15 is 0 Å². The minimum atomic E-state index is -0.0527. The van der Waals surface area contributed by atoms with Crippen molar-refractivity contribution in [3.05, 3.63) is 66.7 Å². The SMILES string of the molecule is O=C(Nc1ccccc1Oc1cccnc1)C1CCCN(Cc2ccn[nH]2)C1. The Bertz CT molecular complexity index is 898. The van der Waals surface area contributed by atoms with Crippen molar-refractivity contribution in [3.63, 3.8) is 0 Å². The Kier molecular flexibility index (Phi) is 5.63. The molecule has 1 saturated heterocycles. The second-order valence-corrected chi connectivity index (χ2v) is 6.93. The topological polar surface area (TPSA) is 83.1 Å². The molecule has 1 aliphatic heterocycles. The summed E-state index contributed by atoms with van der Waals surface area (Å²) in [6.45, 7) is 2.50. The Morgan fingerprint density at radius 3 is 2.96 bits per heavy atom. The van der Waals surface area contributed by atoms with Crippen LogP contribution in [0.3, 0.4) is 0 Å². The Morgan fingerprint density at radius 1 is 1.21 bits per heavy atom. The van der Waals surface area contributed by atoms with Crippen molar-refractivity contribution in [2.75, 3.05) is 18.4 Å². The molecular weight excluding hydrogens is 354 g/mol. The molecule has 3 heterocycles. The van der Waals surface area contributed by atoms with Crippen LogP contribution in [0.15, 0.2) is 61.1 Å². The zero-order valence-electron chi connectivity index (χ0n) is 15.5. The first kappa shape index (κ1) is 18.2. The lowest BCUT2D eigenvalue weighted by molar-refractivity contribution is -0.121. The fraction of sp³-hybridized carbons (Fsp3) is 0.286. The molecule has 7 nitrogen and oxygen atoms in total. The van der Waals surface area contributed by atoms with Gasteiger partial charge < -0.3 is 10.1 Å². The largest absolute Gasteiger partial charge is 0.454 e. The van der Waals surface area contributed by atoms with E-state index in [1.807, 2.05) is 42.5 Å². The van der Waals surface area contributed by atoms with E-state index in [-0.39, 0.29) is 11.8 Å². The first-order valence-corrected chi connectivity index (χ1v) is 9.46. The van der Waals surface area contributed by atoms with Gasteiger partial charge in [-0.15, -0.1) is 0 Å². The van der Waals surface area contributed by atoms with Gasteiger partial charge in [0.2, 0.25) is 5.91 Å². The molecule has 2 N–H and O–H groups in total. The number of rotatable bonds is 6. The maximum Gasteiger partial charge on any atom is 0.228 e. The molecular formula is C21H23N5O2. The number of hydrogen-bond donors (Lipinski definition) is 2. The summed E-state index contributed by atoms with van der Waals surface area (Å²) in [4.78, 5) is 19.2. The molecule has 7 heteroatoms. The van der Waals surface area contributed by atoms with Gasteiger partial charge in [0.1, 0.15) is 5.75 Å². The lowest BCUT2D eigenvalue weighted by atomic mass is 9.97. The van der Waals surface area contributed by atoms with Gasteiger partial charge in [-0.3, -0.25) is 19.8 Å². The molecule has 0 spiro atoms. The zero-order chi connectivity index (χ0) is 19.2. The van der Waals surface area contributed by atoms with Crippen molar-refractivity contribution in [1.29, 1.82) is 0 Å². The van der Waals surface area contributed by atoms with E-state index < -0.39 is 0 Å². The average molecular weight is 377 g/mol. The number of hydrogen-bond acceptors (Lipinski definition) is 5. The minimum Gasteiger partial charge on any atom is -0.454 e. The summed E-state index contributed by atoms with van der Waals surface area (Å²) in [5, 5.41) is 10.0. The number of anilines is 1. The second kappa shape index (κ2) is 8.67. The summed E-state index contributed by atoms with van der Waals surface area (Å²) in [5.74, 6) is 1.21. The Labute approximate surface area is 163 Å². The van der Waals surface area contributed by atoms with Crippen LogP contribution in [-0.4, -0.2) is 39.1 Å². The van der Waals surface area contributed by atoms with Gasteiger partial charge in [-0.1, -0.05) is 12.1 Å². The monoisotopic (exact) mass is 377 g/mol. The van der Waals surface area contributed by atoms with E-state index in [1.165, 1.54) is 0 Å². The number of amides is 1. The minimum absolute atomic E-state index is 0.0246. The molecule has 1 aromatic carbocycles. The van der Waals surface area contributed by atoms with E-state index in [2.05, 4.69) is 25.4 Å². The van der Waals surface area contributed by atoms with E-state index in [0.717, 1.165) is 38.2 Å². The lowest BCUT2D eigenvalue weighted by Crippen LogP contribution is -2.40. The van der Waals surface area contributed by atoms with Crippen molar-refractivity contribution >= 4 is 11.6 Å². The predicted octanol–water partition coefficient (Wildman–Crippen LogP) is 3.45. The number of benzene rings is 1. The molecule has 1 atom stereocenters. The molecule has 1 aliphatic rings. The number of nitrogens with zero attached hydrogens (tertiary/aromatic N) is 3. The van der Waals surface area contributed by atoms with Crippen molar-refractivity contribution in [2.45, 2.75) is 19.4 Å². The normalized spacial score (nSPS) is 17.2. The van der Waals surface area contributed by atoms with E-state index in [9.17, 15) is 4.79 Å². The van der Waals surface area contributed by atoms with Gasteiger partial charge in [-0.2, -0.15) is 5.10 Å². The molecule has 1 fully saturated rings. The van der Waals surface area contributed by atoms with Crippen LogP contribution in [0.25, 0.3) is 0 Å². The number of H-pyrrole nitrogens is 1. The molecule has 3 aromatic rings. The van der Waals surface area contributed by atoms with E-state index in [0.29, 0.717) is 17.2 Å². The highest BCUT2D eigenvalue weighted by molar-refractivity contribution is 5.94. The van der Waals surface area contributed by atoms with Gasteiger partial charge in [0, 0.05) is 31.2 Å². The van der Waals surface area contributed by atoms with Crippen LogP contribution < -0.4 is 10.1 Å². The van der Waals surface area contributed by atoms with Crippen molar-refractivity contribution in [1.82, 2.24) is 20.1 Å². The zero-order valence-corrected chi connectivity index (χ0v) is 15.5. The number of piperidine rings is 1. The molecule has 144 valence electrons. The number of aromatic amines is 1. The molecule has 4 rings (SSSR count).